The minimum absolute atomic E-state index is 0. The number of carbonyl (C=O) groups is 1. The highest BCUT2D eigenvalue weighted by molar-refractivity contribution is 14.0. The highest BCUT2D eigenvalue weighted by Crippen LogP contribution is 2.06. The van der Waals surface area contributed by atoms with Crippen LogP contribution in [0.2, 0.25) is 0 Å². The Bertz CT molecular complexity index is 434. The predicted octanol–water partition coefficient (Wildman–Crippen LogP) is 1.48. The second kappa shape index (κ2) is 9.60. The summed E-state index contributed by atoms with van der Waals surface area (Å²) in [7, 11) is 1.61. The van der Waals surface area contributed by atoms with Gasteiger partial charge >= 0.3 is 0 Å². The van der Waals surface area contributed by atoms with Gasteiger partial charge in [0.2, 0.25) is 0 Å². The first-order chi connectivity index (χ1) is 8.67. The van der Waals surface area contributed by atoms with Crippen LogP contribution in [0.5, 0.6) is 0 Å². The number of nitrogens with zero attached hydrogens (tertiary/aromatic N) is 1. The number of rotatable bonds is 5. The molecule has 4 N–H and O–H groups in total. The molecule has 1 aromatic rings. The van der Waals surface area contributed by atoms with Crippen molar-refractivity contribution >= 4 is 35.8 Å². The molecule has 106 valence electrons. The van der Waals surface area contributed by atoms with E-state index in [2.05, 4.69) is 22.5 Å². The molecule has 5 nitrogen and oxygen atoms in total. The van der Waals surface area contributed by atoms with Crippen LogP contribution in [0.4, 0.5) is 0 Å². The second-order valence-electron chi connectivity index (χ2n) is 3.91. The number of hydrogen-bond acceptors (Lipinski definition) is 2. The highest BCUT2D eigenvalue weighted by Gasteiger charge is 2.03. The van der Waals surface area contributed by atoms with Crippen molar-refractivity contribution in [2.75, 3.05) is 13.6 Å². The lowest BCUT2D eigenvalue weighted by atomic mass is 10.1. The van der Waals surface area contributed by atoms with Gasteiger partial charge in [0.15, 0.2) is 5.96 Å². The van der Waals surface area contributed by atoms with Crippen molar-refractivity contribution < 1.29 is 4.79 Å². The molecule has 19 heavy (non-hydrogen) atoms. The molecule has 0 saturated carbocycles. The number of hydrogen-bond donors (Lipinski definition) is 3. The summed E-state index contributed by atoms with van der Waals surface area (Å²) in [6.45, 7) is 3.34. The van der Waals surface area contributed by atoms with Crippen molar-refractivity contribution in [2.45, 2.75) is 19.9 Å². The summed E-state index contributed by atoms with van der Waals surface area (Å²) >= 11 is 0. The van der Waals surface area contributed by atoms with Gasteiger partial charge < -0.3 is 16.4 Å². The summed E-state index contributed by atoms with van der Waals surface area (Å²) < 4.78 is 0. The van der Waals surface area contributed by atoms with E-state index in [1.54, 1.807) is 13.1 Å². The van der Waals surface area contributed by atoms with Crippen molar-refractivity contribution in [3.05, 3.63) is 35.4 Å². The number of nitrogens with two attached hydrogens (primary N) is 1. The molecule has 0 radical (unpaired) electrons. The molecule has 0 aliphatic rings. The molecule has 6 heteroatoms. The van der Waals surface area contributed by atoms with E-state index in [0.29, 0.717) is 18.1 Å². The first-order valence-corrected chi connectivity index (χ1v) is 6.02. The Labute approximate surface area is 131 Å². The Kier molecular flexibility index (Phi) is 8.94. The van der Waals surface area contributed by atoms with Gasteiger partial charge in [-0.2, -0.15) is 0 Å². The number of halogens is 1. The summed E-state index contributed by atoms with van der Waals surface area (Å²) in [6.07, 6.45) is 1.00. The molecule has 0 heterocycles. The number of guanidine groups is 1. The molecule has 1 aromatic carbocycles. The minimum Gasteiger partial charge on any atom is -0.370 e. The molecule has 0 atom stereocenters. The molecular weight excluding hydrogens is 355 g/mol. The topological polar surface area (TPSA) is 79.5 Å². The number of amides is 1. The van der Waals surface area contributed by atoms with Crippen LogP contribution in [-0.2, 0) is 6.54 Å². The van der Waals surface area contributed by atoms with Crippen molar-refractivity contribution in [1.82, 2.24) is 10.6 Å². The zero-order chi connectivity index (χ0) is 13.4. The molecule has 0 unspecified atom stereocenters. The molecule has 1 amide bonds. The van der Waals surface area contributed by atoms with Gasteiger partial charge in [0.1, 0.15) is 0 Å². The van der Waals surface area contributed by atoms with Crippen LogP contribution in [0.25, 0.3) is 0 Å². The molecular formula is C13H21IN4O. The number of aliphatic imine (C=N–C) groups is 1. The SMILES string of the molecule is CCCNC(N)=NCc1cccc(C(=O)NC)c1.I. The van der Waals surface area contributed by atoms with Gasteiger partial charge in [-0.05, 0) is 24.1 Å². The molecule has 0 fully saturated rings. The largest absolute Gasteiger partial charge is 0.370 e. The maximum absolute atomic E-state index is 11.5. The first-order valence-electron chi connectivity index (χ1n) is 6.02. The Balaban J connectivity index is 0.00000324. The number of benzene rings is 1. The maximum Gasteiger partial charge on any atom is 0.251 e. The fraction of sp³-hybridized carbons (Fsp3) is 0.385. The van der Waals surface area contributed by atoms with E-state index in [9.17, 15) is 4.79 Å². The van der Waals surface area contributed by atoms with E-state index in [4.69, 9.17) is 5.73 Å². The standard InChI is InChI=1S/C13H20N4O.HI/c1-3-7-16-13(14)17-9-10-5-4-6-11(8-10)12(18)15-2;/h4-6,8H,3,7,9H2,1-2H3,(H,15,18)(H3,14,16,17);1H. The van der Waals surface area contributed by atoms with E-state index < -0.39 is 0 Å². The van der Waals surface area contributed by atoms with Crippen LogP contribution < -0.4 is 16.4 Å². The summed E-state index contributed by atoms with van der Waals surface area (Å²) in [5, 5.41) is 5.59. The second-order valence-corrected chi connectivity index (χ2v) is 3.91. The van der Waals surface area contributed by atoms with Gasteiger partial charge in [0.05, 0.1) is 6.54 Å². The predicted molar refractivity (Wildman–Crippen MR) is 88.9 cm³/mol. The normalized spacial score (nSPS) is 10.5. The van der Waals surface area contributed by atoms with Crippen LogP contribution in [-0.4, -0.2) is 25.5 Å². The molecule has 0 spiro atoms. The van der Waals surface area contributed by atoms with E-state index >= 15 is 0 Å². The Hall–Kier alpha value is -1.31. The van der Waals surface area contributed by atoms with Crippen molar-refractivity contribution in [3.63, 3.8) is 0 Å². The van der Waals surface area contributed by atoms with Gasteiger partial charge in [-0.15, -0.1) is 24.0 Å². The number of nitrogens with one attached hydrogen (secondary N) is 2. The molecule has 0 saturated heterocycles. The Morgan fingerprint density at radius 1 is 1.42 bits per heavy atom. The molecule has 0 aliphatic carbocycles. The van der Waals surface area contributed by atoms with Crippen molar-refractivity contribution in [3.8, 4) is 0 Å². The fourth-order valence-corrected chi connectivity index (χ4v) is 1.44. The third-order valence-corrected chi connectivity index (χ3v) is 2.40. The van der Waals surface area contributed by atoms with E-state index in [-0.39, 0.29) is 29.9 Å². The summed E-state index contributed by atoms with van der Waals surface area (Å²) in [4.78, 5) is 15.7. The third-order valence-electron chi connectivity index (χ3n) is 2.40. The van der Waals surface area contributed by atoms with Crippen molar-refractivity contribution in [2.24, 2.45) is 10.7 Å². The summed E-state index contributed by atoms with van der Waals surface area (Å²) in [6, 6.07) is 7.34. The van der Waals surface area contributed by atoms with Gasteiger partial charge in [-0.1, -0.05) is 19.1 Å². The Morgan fingerprint density at radius 2 is 2.16 bits per heavy atom. The monoisotopic (exact) mass is 376 g/mol. The zero-order valence-corrected chi connectivity index (χ0v) is 13.6. The third kappa shape index (κ3) is 6.42. The Morgan fingerprint density at radius 3 is 2.79 bits per heavy atom. The molecule has 1 rings (SSSR count). The van der Waals surface area contributed by atoms with E-state index in [0.717, 1.165) is 18.5 Å². The lowest BCUT2D eigenvalue weighted by Crippen LogP contribution is -2.32. The molecule has 0 bridgehead atoms. The fourth-order valence-electron chi connectivity index (χ4n) is 1.44. The van der Waals surface area contributed by atoms with Crippen LogP contribution in [0.3, 0.4) is 0 Å². The summed E-state index contributed by atoms with van der Waals surface area (Å²) in [5.41, 5.74) is 7.28. The highest BCUT2D eigenvalue weighted by atomic mass is 127. The minimum atomic E-state index is -0.0992. The van der Waals surface area contributed by atoms with Crippen LogP contribution in [0, 0.1) is 0 Å². The smallest absolute Gasteiger partial charge is 0.251 e. The van der Waals surface area contributed by atoms with Gasteiger partial charge in [-0.25, -0.2) is 4.99 Å². The number of carbonyl (C=O) groups excluding carboxylic acids is 1. The molecule has 0 aliphatic heterocycles. The van der Waals surface area contributed by atoms with Crippen molar-refractivity contribution in [1.29, 1.82) is 0 Å². The lowest BCUT2D eigenvalue weighted by molar-refractivity contribution is 0.0963. The van der Waals surface area contributed by atoms with Crippen LogP contribution >= 0.6 is 24.0 Å². The van der Waals surface area contributed by atoms with E-state index in [1.165, 1.54) is 0 Å². The zero-order valence-electron chi connectivity index (χ0n) is 11.3. The molecule has 0 aromatic heterocycles. The van der Waals surface area contributed by atoms with Gasteiger partial charge in [-0.3, -0.25) is 4.79 Å². The average Bonchev–Trinajstić information content (AvgIpc) is 2.42. The quantitative estimate of drug-likeness (QED) is 0.414. The average molecular weight is 376 g/mol. The summed E-state index contributed by atoms with van der Waals surface area (Å²) in [5.74, 6) is 0.333. The van der Waals surface area contributed by atoms with Crippen LogP contribution in [0.15, 0.2) is 29.3 Å². The maximum atomic E-state index is 11.5. The van der Waals surface area contributed by atoms with E-state index in [1.807, 2.05) is 18.2 Å². The van der Waals surface area contributed by atoms with Gasteiger partial charge in [0.25, 0.3) is 5.91 Å². The lowest BCUT2D eigenvalue weighted by Gasteiger charge is -2.05. The van der Waals surface area contributed by atoms with Crippen LogP contribution in [0.1, 0.15) is 29.3 Å². The van der Waals surface area contributed by atoms with Gasteiger partial charge in [0, 0.05) is 19.2 Å². The first kappa shape index (κ1) is 17.7.